The van der Waals surface area contributed by atoms with Gasteiger partial charge in [-0.1, -0.05) is 6.07 Å². The molecule has 130 valence electrons. The second-order valence-electron chi connectivity index (χ2n) is 6.56. The van der Waals surface area contributed by atoms with Gasteiger partial charge in [-0.2, -0.15) is 0 Å². The normalized spacial score (nSPS) is 11.5. The predicted octanol–water partition coefficient (Wildman–Crippen LogP) is 4.68. The van der Waals surface area contributed by atoms with Crippen LogP contribution in [0.4, 0.5) is 0 Å². The van der Waals surface area contributed by atoms with Gasteiger partial charge in [-0.15, -0.1) is 0 Å². The standard InChI is InChI=1S/C21H23NO3/c1-5-25-20(23)21(2,3)16-8-11-18-15(12-16)13-19(22-18)14-6-9-17(24-4)10-7-14/h6-13,22H,5H2,1-4H3. The van der Waals surface area contributed by atoms with E-state index in [0.29, 0.717) is 6.61 Å². The summed E-state index contributed by atoms with van der Waals surface area (Å²) in [6.45, 7) is 5.99. The highest BCUT2D eigenvalue weighted by atomic mass is 16.5. The fourth-order valence-electron chi connectivity index (χ4n) is 2.88. The maximum absolute atomic E-state index is 12.2. The number of rotatable bonds is 5. The fourth-order valence-corrected chi connectivity index (χ4v) is 2.88. The maximum atomic E-state index is 12.2. The Hall–Kier alpha value is -2.75. The molecule has 0 bridgehead atoms. The van der Waals surface area contributed by atoms with E-state index in [4.69, 9.17) is 9.47 Å². The van der Waals surface area contributed by atoms with Gasteiger partial charge in [0.2, 0.25) is 0 Å². The minimum absolute atomic E-state index is 0.208. The van der Waals surface area contributed by atoms with Crippen molar-refractivity contribution in [2.24, 2.45) is 0 Å². The molecule has 0 radical (unpaired) electrons. The van der Waals surface area contributed by atoms with Gasteiger partial charge in [0.1, 0.15) is 5.75 Å². The molecule has 0 aliphatic carbocycles. The predicted molar refractivity (Wildman–Crippen MR) is 99.9 cm³/mol. The summed E-state index contributed by atoms with van der Waals surface area (Å²) >= 11 is 0. The summed E-state index contributed by atoms with van der Waals surface area (Å²) in [6, 6.07) is 16.1. The second-order valence-corrected chi connectivity index (χ2v) is 6.56. The van der Waals surface area contributed by atoms with Gasteiger partial charge in [-0.25, -0.2) is 0 Å². The van der Waals surface area contributed by atoms with Crippen molar-refractivity contribution in [1.82, 2.24) is 4.98 Å². The molecule has 0 aliphatic heterocycles. The quantitative estimate of drug-likeness (QED) is 0.688. The van der Waals surface area contributed by atoms with Crippen LogP contribution in [-0.4, -0.2) is 24.7 Å². The SMILES string of the molecule is CCOC(=O)C(C)(C)c1ccc2[nH]c(-c3ccc(OC)cc3)cc2c1. The third kappa shape index (κ3) is 3.25. The number of carbonyl (C=O) groups is 1. The minimum Gasteiger partial charge on any atom is -0.497 e. The van der Waals surface area contributed by atoms with Gasteiger partial charge in [-0.3, -0.25) is 4.79 Å². The lowest BCUT2D eigenvalue weighted by Gasteiger charge is -2.22. The van der Waals surface area contributed by atoms with Crippen molar-refractivity contribution < 1.29 is 14.3 Å². The van der Waals surface area contributed by atoms with Crippen molar-refractivity contribution >= 4 is 16.9 Å². The summed E-state index contributed by atoms with van der Waals surface area (Å²) in [5, 5.41) is 1.07. The first-order valence-electron chi connectivity index (χ1n) is 8.40. The summed E-state index contributed by atoms with van der Waals surface area (Å²) in [4.78, 5) is 15.7. The molecular formula is C21H23NO3. The molecular weight excluding hydrogens is 314 g/mol. The van der Waals surface area contributed by atoms with Gasteiger partial charge < -0.3 is 14.5 Å². The molecule has 0 fully saturated rings. The first-order valence-corrected chi connectivity index (χ1v) is 8.40. The number of aromatic nitrogens is 1. The lowest BCUT2D eigenvalue weighted by Crippen LogP contribution is -2.31. The molecule has 0 atom stereocenters. The number of benzene rings is 2. The Morgan fingerprint density at radius 3 is 2.44 bits per heavy atom. The van der Waals surface area contributed by atoms with Crippen molar-refractivity contribution in [1.29, 1.82) is 0 Å². The topological polar surface area (TPSA) is 51.3 Å². The van der Waals surface area contributed by atoms with E-state index in [0.717, 1.165) is 33.5 Å². The first-order chi connectivity index (χ1) is 12.0. The van der Waals surface area contributed by atoms with Crippen molar-refractivity contribution in [3.05, 3.63) is 54.1 Å². The highest BCUT2D eigenvalue weighted by Gasteiger charge is 2.31. The van der Waals surface area contributed by atoms with Crippen LogP contribution in [0.15, 0.2) is 48.5 Å². The molecule has 2 aromatic carbocycles. The number of nitrogens with one attached hydrogen (secondary N) is 1. The number of esters is 1. The van der Waals surface area contributed by atoms with Gasteiger partial charge in [0.25, 0.3) is 0 Å². The van der Waals surface area contributed by atoms with E-state index in [1.54, 1.807) is 7.11 Å². The summed E-state index contributed by atoms with van der Waals surface area (Å²) in [5.41, 5.74) is 3.42. The molecule has 0 aliphatic rings. The summed E-state index contributed by atoms with van der Waals surface area (Å²) < 4.78 is 10.4. The van der Waals surface area contributed by atoms with E-state index in [-0.39, 0.29) is 5.97 Å². The lowest BCUT2D eigenvalue weighted by molar-refractivity contribution is -0.148. The zero-order chi connectivity index (χ0) is 18.0. The number of ether oxygens (including phenoxy) is 2. The van der Waals surface area contributed by atoms with Crippen LogP contribution in [0.5, 0.6) is 5.75 Å². The maximum Gasteiger partial charge on any atom is 0.315 e. The molecule has 4 heteroatoms. The number of fused-ring (bicyclic) bond motifs is 1. The molecule has 0 unspecified atom stereocenters. The number of carbonyl (C=O) groups excluding carboxylic acids is 1. The van der Waals surface area contributed by atoms with Gasteiger partial charge >= 0.3 is 5.97 Å². The van der Waals surface area contributed by atoms with Crippen molar-refractivity contribution in [3.8, 4) is 17.0 Å². The summed E-state index contributed by atoms with van der Waals surface area (Å²) in [7, 11) is 1.66. The minimum atomic E-state index is -0.679. The van der Waals surface area contributed by atoms with Crippen LogP contribution in [0.1, 0.15) is 26.3 Å². The van der Waals surface area contributed by atoms with Crippen LogP contribution < -0.4 is 4.74 Å². The van der Waals surface area contributed by atoms with Crippen molar-refractivity contribution in [2.75, 3.05) is 13.7 Å². The molecule has 3 rings (SSSR count). The molecule has 4 nitrogen and oxygen atoms in total. The van der Waals surface area contributed by atoms with E-state index in [9.17, 15) is 4.79 Å². The lowest BCUT2D eigenvalue weighted by atomic mass is 9.84. The number of hydrogen-bond donors (Lipinski definition) is 1. The molecule has 0 amide bonds. The monoisotopic (exact) mass is 337 g/mol. The van der Waals surface area contributed by atoms with Crippen LogP contribution in [0.25, 0.3) is 22.2 Å². The van der Waals surface area contributed by atoms with Crippen LogP contribution in [-0.2, 0) is 14.9 Å². The molecule has 1 heterocycles. The van der Waals surface area contributed by atoms with Crippen LogP contribution >= 0.6 is 0 Å². The summed E-state index contributed by atoms with van der Waals surface area (Å²) in [5.74, 6) is 0.624. The van der Waals surface area contributed by atoms with Gasteiger partial charge in [0.05, 0.1) is 19.1 Å². The Morgan fingerprint density at radius 1 is 1.08 bits per heavy atom. The average Bonchev–Trinajstić information content (AvgIpc) is 3.05. The zero-order valence-corrected chi connectivity index (χ0v) is 15.1. The fraction of sp³-hybridized carbons (Fsp3) is 0.286. The average molecular weight is 337 g/mol. The molecule has 0 saturated heterocycles. The highest BCUT2D eigenvalue weighted by Crippen LogP contribution is 2.31. The van der Waals surface area contributed by atoms with Crippen molar-refractivity contribution in [3.63, 3.8) is 0 Å². The third-order valence-electron chi connectivity index (χ3n) is 4.53. The van der Waals surface area contributed by atoms with E-state index < -0.39 is 5.41 Å². The first kappa shape index (κ1) is 17.1. The molecule has 1 aromatic heterocycles. The largest absolute Gasteiger partial charge is 0.497 e. The zero-order valence-electron chi connectivity index (χ0n) is 15.1. The number of H-pyrrole nitrogens is 1. The molecule has 0 spiro atoms. The smallest absolute Gasteiger partial charge is 0.315 e. The molecule has 3 aromatic rings. The second kappa shape index (κ2) is 6.63. The van der Waals surface area contributed by atoms with Crippen molar-refractivity contribution in [2.45, 2.75) is 26.2 Å². The molecule has 0 saturated carbocycles. The van der Waals surface area contributed by atoms with E-state index >= 15 is 0 Å². The Morgan fingerprint density at radius 2 is 1.80 bits per heavy atom. The highest BCUT2D eigenvalue weighted by molar-refractivity contribution is 5.89. The van der Waals surface area contributed by atoms with E-state index in [1.165, 1.54) is 0 Å². The summed E-state index contributed by atoms with van der Waals surface area (Å²) in [6.07, 6.45) is 0. The number of aromatic amines is 1. The third-order valence-corrected chi connectivity index (χ3v) is 4.53. The Bertz CT molecular complexity index is 891. The van der Waals surface area contributed by atoms with Crippen LogP contribution in [0.2, 0.25) is 0 Å². The Labute approximate surface area is 147 Å². The van der Waals surface area contributed by atoms with Gasteiger partial charge in [-0.05, 0) is 74.4 Å². The number of methoxy groups -OCH3 is 1. The molecule has 1 N–H and O–H groups in total. The Kier molecular flexibility index (Phi) is 4.53. The van der Waals surface area contributed by atoms with E-state index in [2.05, 4.69) is 17.1 Å². The van der Waals surface area contributed by atoms with Crippen LogP contribution in [0, 0.1) is 0 Å². The van der Waals surface area contributed by atoms with Gasteiger partial charge in [0.15, 0.2) is 0 Å². The van der Waals surface area contributed by atoms with Crippen LogP contribution in [0.3, 0.4) is 0 Å². The molecule has 25 heavy (non-hydrogen) atoms. The number of hydrogen-bond acceptors (Lipinski definition) is 3. The Balaban J connectivity index is 1.97. The van der Waals surface area contributed by atoms with Gasteiger partial charge in [0, 0.05) is 16.6 Å². The van der Waals surface area contributed by atoms with E-state index in [1.807, 2.05) is 57.2 Å².